The number of carbonyl (C=O) groups excluding carboxylic acids is 3. The molecular formula is C65H55BrF4N8O16. The summed E-state index contributed by atoms with van der Waals surface area (Å²) in [6.07, 6.45) is 3.11. The molecule has 0 amide bonds. The van der Waals surface area contributed by atoms with Gasteiger partial charge < -0.3 is 38.8 Å². The number of halogens is 5. The van der Waals surface area contributed by atoms with Crippen LogP contribution in [-0.2, 0) is 52.4 Å². The van der Waals surface area contributed by atoms with E-state index in [0.29, 0.717) is 44.1 Å². The molecule has 0 bridgehead atoms. The number of nitrogens with one attached hydrogen (secondary N) is 3. The Balaban J connectivity index is 0.000000191. The number of methoxy groups -OCH3 is 3. The SMILES string of the molecule is COC(=O)c1ccc(CBr)cc1.COC(=O)c1ccc(Cn2c(=O)[nH]cc(F)c2=O)cc1.COC(=O)c1ccc(Cn2c(OCc3ccccc3)ncc(F)c2=O)cc1.O=C(O)c1ccc(Cn2c(=O)[nH]cc(F)c2=O)cc1.O=c1[nH]c(OCc2ccccc2)ncc1F. The molecule has 0 aliphatic heterocycles. The number of aromatic amines is 3. The number of hydrogen-bond donors (Lipinski definition) is 4. The van der Waals surface area contributed by atoms with Crippen LogP contribution < -0.4 is 43.1 Å². The molecule has 0 aliphatic carbocycles. The lowest BCUT2D eigenvalue weighted by atomic mass is 10.1. The minimum Gasteiger partial charge on any atom is -0.478 e. The Kier molecular flexibility index (Phi) is 26.9. The second kappa shape index (κ2) is 35.5. The van der Waals surface area contributed by atoms with Gasteiger partial charge in [0.2, 0.25) is 23.3 Å². The van der Waals surface area contributed by atoms with Crippen molar-refractivity contribution in [3.05, 3.63) is 324 Å². The molecule has 0 fully saturated rings. The highest BCUT2D eigenvalue weighted by molar-refractivity contribution is 9.08. The van der Waals surface area contributed by atoms with Crippen molar-refractivity contribution in [1.82, 2.24) is 38.6 Å². The lowest BCUT2D eigenvalue weighted by Gasteiger charge is -2.13. The molecule has 0 radical (unpaired) electrons. The number of aromatic nitrogens is 8. The molecule has 0 aliphatic rings. The third kappa shape index (κ3) is 21.1. The number of ether oxygens (including phenoxy) is 5. The number of H-pyrrole nitrogens is 3. The fourth-order valence-corrected chi connectivity index (χ4v) is 8.10. The van der Waals surface area contributed by atoms with Gasteiger partial charge in [-0.05, 0) is 81.9 Å². The van der Waals surface area contributed by atoms with E-state index in [9.17, 15) is 65.5 Å². The van der Waals surface area contributed by atoms with Crippen molar-refractivity contribution in [3.8, 4) is 12.0 Å². The van der Waals surface area contributed by atoms with Gasteiger partial charge in [0.05, 0.1) is 75.6 Å². The molecule has 0 spiro atoms. The van der Waals surface area contributed by atoms with E-state index in [-0.39, 0.29) is 56.4 Å². The minimum atomic E-state index is -1.08. The molecular weight excluding hydrogens is 1300 g/mol. The van der Waals surface area contributed by atoms with E-state index in [0.717, 1.165) is 49.7 Å². The molecule has 4 aromatic heterocycles. The number of aromatic carboxylic acids is 1. The van der Waals surface area contributed by atoms with Crippen molar-refractivity contribution in [3.63, 3.8) is 0 Å². The predicted octanol–water partition coefficient (Wildman–Crippen LogP) is 7.59. The molecule has 6 aromatic carbocycles. The van der Waals surface area contributed by atoms with Crippen LogP contribution in [0.2, 0.25) is 0 Å². The van der Waals surface area contributed by atoms with Crippen molar-refractivity contribution in [2.24, 2.45) is 0 Å². The van der Waals surface area contributed by atoms with Crippen LogP contribution in [0, 0.1) is 23.3 Å². The highest BCUT2D eigenvalue weighted by atomic mass is 79.9. The summed E-state index contributed by atoms with van der Waals surface area (Å²) in [6.45, 7) is 0.296. The normalized spacial score (nSPS) is 10.2. The van der Waals surface area contributed by atoms with Gasteiger partial charge in [-0.15, -0.1) is 0 Å². The van der Waals surface area contributed by atoms with Gasteiger partial charge in [0.15, 0.2) is 0 Å². The van der Waals surface area contributed by atoms with E-state index in [1.165, 1.54) is 57.7 Å². The van der Waals surface area contributed by atoms with Gasteiger partial charge in [-0.2, -0.15) is 17.6 Å². The third-order valence-corrected chi connectivity index (χ3v) is 13.3. The fourth-order valence-electron chi connectivity index (χ4n) is 7.73. The van der Waals surface area contributed by atoms with E-state index in [2.05, 4.69) is 55.1 Å². The highest BCUT2D eigenvalue weighted by Crippen LogP contribution is 2.15. The molecule has 486 valence electrons. The number of benzene rings is 6. The van der Waals surface area contributed by atoms with Gasteiger partial charge in [-0.1, -0.05) is 125 Å². The maximum absolute atomic E-state index is 13.7. The number of carboxylic acid groups (broad SMARTS) is 1. The summed E-state index contributed by atoms with van der Waals surface area (Å²) in [5.41, 5.74) is 1.04. The number of hydrogen-bond acceptors (Lipinski definition) is 17. The first-order chi connectivity index (χ1) is 45.1. The first kappa shape index (κ1) is 71.2. The molecule has 10 rings (SSSR count). The largest absolute Gasteiger partial charge is 0.478 e. The second-order valence-corrected chi connectivity index (χ2v) is 19.6. The molecule has 0 atom stereocenters. The average molecular weight is 1360 g/mol. The van der Waals surface area contributed by atoms with Crippen LogP contribution in [0.25, 0.3) is 0 Å². The Hall–Kier alpha value is -11.9. The highest BCUT2D eigenvalue weighted by Gasteiger charge is 2.15. The number of alkyl halides is 1. The summed E-state index contributed by atoms with van der Waals surface area (Å²) in [4.78, 5) is 127. The average Bonchev–Trinajstić information content (AvgIpc) is 0.871. The van der Waals surface area contributed by atoms with Crippen molar-refractivity contribution >= 4 is 39.8 Å². The van der Waals surface area contributed by atoms with Crippen molar-refractivity contribution in [1.29, 1.82) is 0 Å². The Bertz CT molecular complexity index is 4570. The Morgan fingerprint density at radius 2 is 0.809 bits per heavy atom. The minimum absolute atomic E-state index is 0.00949. The number of carbonyl (C=O) groups is 4. The van der Waals surface area contributed by atoms with E-state index >= 15 is 0 Å². The van der Waals surface area contributed by atoms with Crippen LogP contribution >= 0.6 is 15.9 Å². The summed E-state index contributed by atoms with van der Waals surface area (Å²) in [5.74, 6) is -6.29. The number of esters is 3. The molecule has 4 heterocycles. The zero-order valence-electron chi connectivity index (χ0n) is 49.8. The molecule has 29 heteroatoms. The summed E-state index contributed by atoms with van der Waals surface area (Å²) in [5, 5.41) is 9.53. The topological polar surface area (TPSA) is 325 Å². The molecule has 10 aromatic rings. The monoisotopic (exact) mass is 1360 g/mol. The van der Waals surface area contributed by atoms with Gasteiger partial charge in [0.25, 0.3) is 34.3 Å². The zero-order valence-corrected chi connectivity index (χ0v) is 51.3. The number of nitrogens with zero attached hydrogens (tertiary/aromatic N) is 5. The predicted molar refractivity (Wildman–Crippen MR) is 334 cm³/mol. The third-order valence-electron chi connectivity index (χ3n) is 12.7. The fraction of sp³-hybridized carbons (Fsp3) is 0.138. The second-order valence-electron chi connectivity index (χ2n) is 19.1. The quantitative estimate of drug-likeness (QED) is 0.0295. The van der Waals surface area contributed by atoms with Crippen molar-refractivity contribution < 1.29 is 65.5 Å². The van der Waals surface area contributed by atoms with Gasteiger partial charge in [-0.3, -0.25) is 37.9 Å². The van der Waals surface area contributed by atoms with Crippen molar-refractivity contribution in [2.45, 2.75) is 38.2 Å². The molecule has 0 saturated heterocycles. The molecule has 24 nitrogen and oxygen atoms in total. The Morgan fingerprint density at radius 3 is 1.19 bits per heavy atom. The summed E-state index contributed by atoms with van der Waals surface area (Å²) in [6, 6.07) is 44.2. The standard InChI is InChI=1S/C20H17FN2O4.C13H11FN2O4.C12H9FN2O4.C11H9FN2O2.C9H9BrO2/c1-26-19(25)16-9-7-14(8-10-16)12-23-18(24)17(21)11-22-20(23)27-13-15-5-3-2-4-6-15;1-20-12(18)9-4-2-8(3-5-9)7-16-11(17)10(14)6-15-13(16)19;13-9-5-14-12(19)15(10(9)16)6-7-1-3-8(4-2-7)11(17)18;12-9-6-13-11(14-10(9)15)16-7-8-4-2-1-3-5-8;1-12-9(11)8-4-2-7(6-10)3-5-8/h2-11H,12-13H2,1H3;2-6H,7H2,1H3,(H,15,19);1-5H,6H2,(H,14,19)(H,17,18);1-6H,7H2,(H,13,14,15);2-5H,6H2,1H3. The lowest BCUT2D eigenvalue weighted by Crippen LogP contribution is -2.36. The van der Waals surface area contributed by atoms with E-state index in [4.69, 9.17) is 14.6 Å². The number of carboxylic acids is 1. The first-order valence-electron chi connectivity index (χ1n) is 27.3. The number of rotatable bonds is 17. The van der Waals surface area contributed by atoms with Gasteiger partial charge >= 0.3 is 35.3 Å². The summed E-state index contributed by atoms with van der Waals surface area (Å²) >= 11 is 3.32. The van der Waals surface area contributed by atoms with Crippen LogP contribution in [0.3, 0.4) is 0 Å². The van der Waals surface area contributed by atoms with Crippen molar-refractivity contribution in [2.75, 3.05) is 21.3 Å². The Morgan fingerprint density at radius 1 is 0.447 bits per heavy atom. The van der Waals surface area contributed by atoms with Crippen LogP contribution in [0.1, 0.15) is 74.8 Å². The smallest absolute Gasteiger partial charge is 0.337 e. The molecule has 0 saturated carbocycles. The van der Waals surface area contributed by atoms with Gasteiger partial charge in [-0.25, -0.2) is 38.7 Å². The lowest BCUT2D eigenvalue weighted by molar-refractivity contribution is 0.0592. The zero-order chi connectivity index (χ0) is 68.3. The molecule has 4 N–H and O–H groups in total. The summed E-state index contributed by atoms with van der Waals surface area (Å²) in [7, 11) is 3.94. The van der Waals surface area contributed by atoms with E-state index in [1.807, 2.05) is 72.8 Å². The first-order valence-corrected chi connectivity index (χ1v) is 28.4. The Labute approximate surface area is 537 Å². The maximum atomic E-state index is 13.7. The maximum Gasteiger partial charge on any atom is 0.337 e. The van der Waals surface area contributed by atoms with Crippen LogP contribution in [-0.4, -0.2) is 88.9 Å². The summed E-state index contributed by atoms with van der Waals surface area (Å²) < 4.78 is 79.6. The van der Waals surface area contributed by atoms with Crippen LogP contribution in [0.4, 0.5) is 17.6 Å². The van der Waals surface area contributed by atoms with Gasteiger partial charge in [0, 0.05) is 17.7 Å². The van der Waals surface area contributed by atoms with E-state index in [1.54, 1.807) is 48.5 Å². The molecule has 94 heavy (non-hydrogen) atoms. The molecule has 0 unspecified atom stereocenters. The van der Waals surface area contributed by atoms with E-state index < -0.39 is 74.8 Å². The van der Waals surface area contributed by atoms with Gasteiger partial charge in [0.1, 0.15) is 13.2 Å². The van der Waals surface area contributed by atoms with Crippen LogP contribution in [0.15, 0.2) is 211 Å². The van der Waals surface area contributed by atoms with Crippen LogP contribution in [0.5, 0.6) is 12.0 Å².